The molecule has 0 saturated carbocycles. The normalized spacial score (nSPS) is 9.96. The third-order valence-corrected chi connectivity index (χ3v) is 6.97. The van der Waals surface area contributed by atoms with Crippen LogP contribution in [0.15, 0.2) is 109 Å². The van der Waals surface area contributed by atoms with Gasteiger partial charge in [0.1, 0.15) is 0 Å². The Labute approximate surface area is 181 Å². The molecule has 0 atom stereocenters. The third-order valence-electron chi connectivity index (χ3n) is 4.48. The summed E-state index contributed by atoms with van der Waals surface area (Å²) in [4.78, 5) is 2.33. The largest absolute Gasteiger partial charge is 2.00 e. The first-order chi connectivity index (χ1) is 13.3. The fourth-order valence-electron chi connectivity index (χ4n) is 2.99. The van der Waals surface area contributed by atoms with Gasteiger partial charge >= 0.3 is 17.1 Å². The van der Waals surface area contributed by atoms with E-state index in [1.54, 1.807) is 0 Å². The fourth-order valence-corrected chi connectivity index (χ4v) is 5.49. The summed E-state index contributed by atoms with van der Waals surface area (Å²) in [7, 11) is 1.66. The van der Waals surface area contributed by atoms with Gasteiger partial charge in [0, 0.05) is 6.54 Å². The van der Waals surface area contributed by atoms with E-state index in [0.717, 1.165) is 6.54 Å². The summed E-state index contributed by atoms with van der Waals surface area (Å²) in [5.41, 5.74) is 1.35. The monoisotopic (exact) mass is 427 g/mol. The summed E-state index contributed by atoms with van der Waals surface area (Å²) >= 11 is 0. The van der Waals surface area contributed by atoms with E-state index < -0.39 is 7.92 Å². The van der Waals surface area contributed by atoms with Gasteiger partial charge in [0.15, 0.2) is 0 Å². The number of hydrogen-bond donors (Lipinski definition) is 0. The Morgan fingerprint density at radius 1 is 0.786 bits per heavy atom. The summed E-state index contributed by atoms with van der Waals surface area (Å²) in [6.07, 6.45) is 0. The number of hydrogen-bond acceptors (Lipinski definition) is 1. The Kier molecular flexibility index (Phi) is 9.24. The molecule has 4 rings (SSSR count). The smallest absolute Gasteiger partial charge is 0.426 e. The minimum Gasteiger partial charge on any atom is -0.426 e. The van der Waals surface area contributed by atoms with Crippen molar-refractivity contribution in [2.24, 2.45) is 0 Å². The van der Waals surface area contributed by atoms with Crippen molar-refractivity contribution in [3.63, 3.8) is 0 Å². The Hall–Kier alpha value is -2.11. The van der Waals surface area contributed by atoms with Crippen molar-refractivity contribution in [1.29, 1.82) is 0 Å². The van der Waals surface area contributed by atoms with Crippen LogP contribution in [0.1, 0.15) is 6.92 Å². The van der Waals surface area contributed by atoms with Crippen LogP contribution in [-0.4, -0.2) is 13.6 Å². The van der Waals surface area contributed by atoms with E-state index in [-0.39, 0.29) is 17.1 Å². The molecule has 1 nitrogen and oxygen atoms in total. The molecule has 0 amide bonds. The molecule has 0 fully saturated rings. The zero-order chi connectivity index (χ0) is 18.9. The van der Waals surface area contributed by atoms with Crippen LogP contribution in [0.5, 0.6) is 0 Å². The van der Waals surface area contributed by atoms with Gasteiger partial charge in [-0.1, -0.05) is 66.4 Å². The summed E-state index contributed by atoms with van der Waals surface area (Å²) in [5, 5.41) is 4.25. The molecular weight excluding hydrogens is 401 g/mol. The van der Waals surface area contributed by atoms with Crippen LogP contribution >= 0.6 is 7.92 Å². The number of nitrogens with zero attached hydrogens (tertiary/aromatic N) is 1. The summed E-state index contributed by atoms with van der Waals surface area (Å²) in [5.74, 6) is 0. The van der Waals surface area contributed by atoms with E-state index in [0.29, 0.717) is 0 Å². The molecule has 0 unspecified atom stereocenters. The molecule has 0 bridgehead atoms. The Morgan fingerprint density at radius 2 is 1.32 bits per heavy atom. The average molecular weight is 427 g/mol. The van der Waals surface area contributed by atoms with Gasteiger partial charge in [0.05, 0.1) is 0 Å². The zero-order valence-corrected chi connectivity index (χ0v) is 18.3. The van der Waals surface area contributed by atoms with Gasteiger partial charge in [-0.2, -0.15) is 24.3 Å². The van der Waals surface area contributed by atoms with Crippen LogP contribution in [0.4, 0.5) is 5.69 Å². The van der Waals surface area contributed by atoms with Gasteiger partial charge in [-0.3, -0.25) is 0 Å². The first-order valence-corrected chi connectivity index (χ1v) is 10.7. The van der Waals surface area contributed by atoms with E-state index >= 15 is 0 Å². The molecule has 0 spiro atoms. The second-order valence-corrected chi connectivity index (χ2v) is 8.46. The van der Waals surface area contributed by atoms with Gasteiger partial charge in [-0.15, -0.1) is 5.30 Å². The molecular formula is C25H26FeNP. The van der Waals surface area contributed by atoms with Gasteiger partial charge in [-0.25, -0.2) is 24.3 Å². The van der Waals surface area contributed by atoms with E-state index in [4.69, 9.17) is 0 Å². The van der Waals surface area contributed by atoms with Crippen molar-refractivity contribution in [3.8, 4) is 0 Å². The van der Waals surface area contributed by atoms with Crippen molar-refractivity contribution in [1.82, 2.24) is 0 Å². The number of anilines is 1. The molecule has 0 heterocycles. The maximum absolute atomic E-state index is 2.33. The molecule has 0 N–H and O–H groups in total. The molecule has 0 saturated heterocycles. The molecule has 144 valence electrons. The molecule has 28 heavy (non-hydrogen) atoms. The Bertz CT molecular complexity index is 828. The topological polar surface area (TPSA) is 3.24 Å². The molecule has 0 aliphatic rings. The van der Waals surface area contributed by atoms with E-state index in [1.807, 2.05) is 30.3 Å². The molecule has 0 aliphatic carbocycles. The second kappa shape index (κ2) is 11.7. The van der Waals surface area contributed by atoms with Gasteiger partial charge in [-0.05, 0) is 32.5 Å². The first-order valence-electron chi connectivity index (χ1n) is 9.35. The summed E-state index contributed by atoms with van der Waals surface area (Å²) < 4.78 is 0. The predicted octanol–water partition coefficient (Wildman–Crippen LogP) is 5.02. The third kappa shape index (κ3) is 5.69. The minimum absolute atomic E-state index is 0. The van der Waals surface area contributed by atoms with Crippen LogP contribution in [0.25, 0.3) is 0 Å². The van der Waals surface area contributed by atoms with E-state index in [2.05, 4.69) is 97.7 Å². The van der Waals surface area contributed by atoms with E-state index in [9.17, 15) is 0 Å². The SMILES string of the molecule is CCN(C)[c-]1cccc1P(c1ccccc1)c1ccccc1.[Fe+2].c1cc[cH-]c1. The van der Waals surface area contributed by atoms with Crippen molar-refractivity contribution in [3.05, 3.63) is 109 Å². The van der Waals surface area contributed by atoms with Crippen molar-refractivity contribution in [2.75, 3.05) is 18.5 Å². The molecule has 4 aromatic rings. The van der Waals surface area contributed by atoms with Gasteiger partial charge in [0.25, 0.3) is 0 Å². The number of benzene rings is 2. The number of rotatable bonds is 5. The van der Waals surface area contributed by atoms with Crippen molar-refractivity contribution in [2.45, 2.75) is 6.92 Å². The molecule has 3 heteroatoms. The van der Waals surface area contributed by atoms with E-state index in [1.165, 1.54) is 21.6 Å². The van der Waals surface area contributed by atoms with Crippen molar-refractivity contribution < 1.29 is 17.1 Å². The van der Waals surface area contributed by atoms with Crippen molar-refractivity contribution >= 4 is 29.5 Å². The van der Waals surface area contributed by atoms with Crippen LogP contribution in [0, 0.1) is 0 Å². The van der Waals surface area contributed by atoms with Gasteiger partial charge < -0.3 is 4.90 Å². The summed E-state index contributed by atoms with van der Waals surface area (Å²) in [6, 6.07) is 38.4. The van der Waals surface area contributed by atoms with Crippen LogP contribution in [-0.2, 0) is 17.1 Å². The first kappa shape index (κ1) is 22.2. The molecule has 0 aromatic heterocycles. The van der Waals surface area contributed by atoms with Gasteiger partial charge in [0.2, 0.25) is 0 Å². The Morgan fingerprint density at radius 3 is 1.75 bits per heavy atom. The average Bonchev–Trinajstić information content (AvgIpc) is 3.45. The minimum atomic E-state index is -0.510. The summed E-state index contributed by atoms with van der Waals surface area (Å²) in [6.45, 7) is 3.22. The predicted molar refractivity (Wildman–Crippen MR) is 122 cm³/mol. The quantitative estimate of drug-likeness (QED) is 0.246. The maximum Gasteiger partial charge on any atom is 2.00 e. The molecule has 0 aliphatic heterocycles. The second-order valence-electron chi connectivity index (χ2n) is 6.28. The standard InChI is InChI=1S/C20H21NP.C5H5.Fe/c1-3-21(2)19-15-10-16-20(19)22(17-11-6-4-7-12-17)18-13-8-5-9-14-18;1-2-4-5-3-1;/h4-16H,3H2,1-2H3;1-5H;/q2*-1;+2. The van der Waals surface area contributed by atoms with Crippen LogP contribution in [0.3, 0.4) is 0 Å². The Balaban J connectivity index is 0.000000408. The molecule has 0 radical (unpaired) electrons. The maximum atomic E-state index is 2.33. The fraction of sp³-hybridized carbons (Fsp3) is 0.120. The zero-order valence-electron chi connectivity index (χ0n) is 16.3. The molecule has 4 aromatic carbocycles. The van der Waals surface area contributed by atoms with Crippen LogP contribution < -0.4 is 20.8 Å². The van der Waals surface area contributed by atoms with Crippen LogP contribution in [0.2, 0.25) is 0 Å².